The van der Waals surface area contributed by atoms with Gasteiger partial charge >= 0.3 is 0 Å². The van der Waals surface area contributed by atoms with Crippen molar-refractivity contribution in [2.75, 3.05) is 24.7 Å². The highest BCUT2D eigenvalue weighted by Gasteiger charge is 2.22. The molecule has 1 aromatic rings. The van der Waals surface area contributed by atoms with Crippen molar-refractivity contribution in [3.63, 3.8) is 0 Å². The normalized spacial score (nSPS) is 20.4. The number of ether oxygens (including phenoxy) is 1. The van der Waals surface area contributed by atoms with Crippen LogP contribution >= 0.6 is 28.1 Å². The number of nitrogens with two attached hydrogens (primary N) is 1. The van der Waals surface area contributed by atoms with Crippen molar-refractivity contribution in [1.82, 2.24) is 0 Å². The lowest BCUT2D eigenvalue weighted by Crippen LogP contribution is -2.44. The second-order valence-corrected chi connectivity index (χ2v) is 5.50. The van der Waals surface area contributed by atoms with Gasteiger partial charge < -0.3 is 15.4 Å². The number of hydrogen-bond acceptors (Lipinski definition) is 3. The van der Waals surface area contributed by atoms with E-state index in [1.54, 1.807) is 0 Å². The number of halogens is 1. The lowest BCUT2D eigenvalue weighted by atomic mass is 10.1. The molecule has 0 aromatic heterocycles. The summed E-state index contributed by atoms with van der Waals surface area (Å²) in [6, 6.07) is 6.33. The fraction of sp³-hybridized carbons (Fsp3) is 0.417. The zero-order valence-electron chi connectivity index (χ0n) is 9.65. The first kappa shape index (κ1) is 12.8. The highest BCUT2D eigenvalue weighted by Crippen LogP contribution is 2.28. The van der Waals surface area contributed by atoms with E-state index in [4.69, 9.17) is 22.7 Å². The Bertz CT molecular complexity index is 439. The number of nitrogens with zero attached hydrogens (tertiary/aromatic N) is 1. The van der Waals surface area contributed by atoms with Gasteiger partial charge in [0.25, 0.3) is 0 Å². The van der Waals surface area contributed by atoms with Gasteiger partial charge in [0.15, 0.2) is 0 Å². The number of benzene rings is 1. The minimum Gasteiger partial charge on any atom is -0.389 e. The molecule has 2 rings (SSSR count). The van der Waals surface area contributed by atoms with E-state index in [0.717, 1.165) is 35.5 Å². The van der Waals surface area contributed by atoms with E-state index in [-0.39, 0.29) is 0 Å². The summed E-state index contributed by atoms with van der Waals surface area (Å²) in [5.41, 5.74) is 7.79. The first-order valence-electron chi connectivity index (χ1n) is 5.53. The Morgan fingerprint density at radius 2 is 2.35 bits per heavy atom. The predicted octanol–water partition coefficient (Wildman–Crippen LogP) is 2.31. The van der Waals surface area contributed by atoms with Crippen LogP contribution in [0, 0.1) is 0 Å². The van der Waals surface area contributed by atoms with Crippen molar-refractivity contribution in [3.05, 3.63) is 28.2 Å². The van der Waals surface area contributed by atoms with Crippen LogP contribution in [0.5, 0.6) is 0 Å². The maximum absolute atomic E-state index is 5.77. The van der Waals surface area contributed by atoms with Crippen LogP contribution in [-0.2, 0) is 4.74 Å². The van der Waals surface area contributed by atoms with Gasteiger partial charge in [-0.25, -0.2) is 0 Å². The molecule has 0 bridgehead atoms. The van der Waals surface area contributed by atoms with Crippen molar-refractivity contribution in [2.24, 2.45) is 5.73 Å². The molecule has 1 unspecified atom stereocenters. The van der Waals surface area contributed by atoms with Crippen LogP contribution in [0.4, 0.5) is 5.69 Å². The summed E-state index contributed by atoms with van der Waals surface area (Å²) >= 11 is 8.60. The van der Waals surface area contributed by atoms with Gasteiger partial charge in [-0.15, -0.1) is 0 Å². The smallest absolute Gasteiger partial charge is 0.106 e. The third-order valence-electron chi connectivity index (χ3n) is 2.90. The van der Waals surface area contributed by atoms with Crippen molar-refractivity contribution < 1.29 is 4.74 Å². The van der Waals surface area contributed by atoms with Crippen LogP contribution in [0.25, 0.3) is 0 Å². The van der Waals surface area contributed by atoms with Gasteiger partial charge in [0, 0.05) is 28.3 Å². The second kappa shape index (κ2) is 5.33. The van der Waals surface area contributed by atoms with E-state index < -0.39 is 0 Å². The summed E-state index contributed by atoms with van der Waals surface area (Å²) in [5.74, 6) is 0. The first-order valence-corrected chi connectivity index (χ1v) is 6.73. The van der Waals surface area contributed by atoms with Crippen LogP contribution in [-0.4, -0.2) is 30.8 Å². The third kappa shape index (κ3) is 2.78. The van der Waals surface area contributed by atoms with E-state index in [2.05, 4.69) is 33.8 Å². The zero-order valence-corrected chi connectivity index (χ0v) is 12.1. The Hall–Kier alpha value is -0.650. The molecule has 0 spiro atoms. The fourth-order valence-corrected chi connectivity index (χ4v) is 2.56. The maximum Gasteiger partial charge on any atom is 0.106 e. The molecule has 0 amide bonds. The number of anilines is 1. The Kier molecular flexibility index (Phi) is 4.01. The lowest BCUT2D eigenvalue weighted by Gasteiger charge is -2.36. The monoisotopic (exact) mass is 314 g/mol. The molecule has 17 heavy (non-hydrogen) atoms. The number of morpholine rings is 1. The molecule has 92 valence electrons. The van der Waals surface area contributed by atoms with Gasteiger partial charge in [-0.3, -0.25) is 0 Å². The van der Waals surface area contributed by atoms with Gasteiger partial charge in [0.2, 0.25) is 0 Å². The van der Waals surface area contributed by atoms with Gasteiger partial charge in [-0.1, -0.05) is 28.1 Å². The molecule has 1 aliphatic heterocycles. The Labute approximate surface area is 115 Å². The summed E-state index contributed by atoms with van der Waals surface area (Å²) in [5, 5.41) is 0. The quantitative estimate of drug-likeness (QED) is 0.850. The standard InChI is InChI=1S/C12H15BrN2OS/c1-8-7-16-5-4-15(8)11-6-9(13)2-3-10(11)12(14)17/h2-3,6,8H,4-5,7H2,1H3,(H2,14,17). The van der Waals surface area contributed by atoms with Crippen molar-refractivity contribution in [2.45, 2.75) is 13.0 Å². The summed E-state index contributed by atoms with van der Waals surface area (Å²) < 4.78 is 6.48. The van der Waals surface area contributed by atoms with Crippen LogP contribution in [0.3, 0.4) is 0 Å². The second-order valence-electron chi connectivity index (χ2n) is 4.14. The average Bonchev–Trinajstić information content (AvgIpc) is 2.29. The topological polar surface area (TPSA) is 38.5 Å². The molecule has 1 saturated heterocycles. The minimum atomic E-state index is 0.339. The maximum atomic E-state index is 5.77. The van der Waals surface area contributed by atoms with Crippen LogP contribution in [0.2, 0.25) is 0 Å². The molecule has 5 heteroatoms. The van der Waals surface area contributed by atoms with Gasteiger partial charge in [-0.05, 0) is 25.1 Å². The summed E-state index contributed by atoms with van der Waals surface area (Å²) in [7, 11) is 0. The van der Waals surface area contributed by atoms with E-state index in [1.807, 2.05) is 12.1 Å². The molecule has 0 saturated carbocycles. The summed E-state index contributed by atoms with van der Waals surface area (Å²) in [4.78, 5) is 2.73. The summed E-state index contributed by atoms with van der Waals surface area (Å²) in [6.45, 7) is 4.49. The molecule has 1 fully saturated rings. The zero-order chi connectivity index (χ0) is 12.4. The SMILES string of the molecule is CC1COCCN1c1cc(Br)ccc1C(N)=S. The van der Waals surface area contributed by atoms with Crippen LogP contribution in [0.15, 0.2) is 22.7 Å². The van der Waals surface area contributed by atoms with E-state index in [9.17, 15) is 0 Å². The van der Waals surface area contributed by atoms with Crippen LogP contribution < -0.4 is 10.6 Å². The molecule has 2 N–H and O–H groups in total. The molecular weight excluding hydrogens is 300 g/mol. The molecule has 0 aliphatic carbocycles. The predicted molar refractivity (Wildman–Crippen MR) is 77.7 cm³/mol. The fourth-order valence-electron chi connectivity index (χ4n) is 2.04. The Morgan fingerprint density at radius 1 is 1.59 bits per heavy atom. The van der Waals surface area contributed by atoms with Crippen molar-refractivity contribution in [1.29, 1.82) is 0 Å². The molecule has 1 aromatic carbocycles. The van der Waals surface area contributed by atoms with Crippen LogP contribution in [0.1, 0.15) is 12.5 Å². The molecule has 1 atom stereocenters. The highest BCUT2D eigenvalue weighted by atomic mass is 79.9. The Morgan fingerprint density at radius 3 is 3.00 bits per heavy atom. The molecular formula is C12H15BrN2OS. The molecule has 1 heterocycles. The third-order valence-corrected chi connectivity index (χ3v) is 3.62. The van der Waals surface area contributed by atoms with E-state index in [1.165, 1.54) is 0 Å². The molecule has 1 aliphatic rings. The first-order chi connectivity index (χ1) is 8.09. The number of rotatable bonds is 2. The van der Waals surface area contributed by atoms with Gasteiger partial charge in [-0.2, -0.15) is 0 Å². The number of thiocarbonyl (C=S) groups is 1. The minimum absolute atomic E-state index is 0.339. The molecule has 3 nitrogen and oxygen atoms in total. The lowest BCUT2D eigenvalue weighted by molar-refractivity contribution is 0.0989. The highest BCUT2D eigenvalue weighted by molar-refractivity contribution is 9.10. The van der Waals surface area contributed by atoms with E-state index in [0.29, 0.717) is 11.0 Å². The average molecular weight is 315 g/mol. The van der Waals surface area contributed by atoms with Gasteiger partial charge in [0.1, 0.15) is 4.99 Å². The van der Waals surface area contributed by atoms with Crippen molar-refractivity contribution >= 4 is 38.8 Å². The molecule has 0 radical (unpaired) electrons. The van der Waals surface area contributed by atoms with Gasteiger partial charge in [0.05, 0.1) is 13.2 Å². The largest absolute Gasteiger partial charge is 0.389 e. The Balaban J connectivity index is 2.41. The van der Waals surface area contributed by atoms with E-state index >= 15 is 0 Å². The van der Waals surface area contributed by atoms with Crippen molar-refractivity contribution in [3.8, 4) is 0 Å². The number of hydrogen-bond donors (Lipinski definition) is 1. The summed E-state index contributed by atoms with van der Waals surface area (Å²) in [6.07, 6.45) is 0.